The molecule has 2 aliphatic rings. The van der Waals surface area contributed by atoms with Crippen LogP contribution >= 0.6 is 0 Å². The molecule has 188 valence electrons. The maximum atomic E-state index is 13.8. The molecule has 2 atom stereocenters. The van der Waals surface area contributed by atoms with E-state index in [1.807, 2.05) is 31.2 Å². The molecule has 1 fully saturated rings. The van der Waals surface area contributed by atoms with E-state index >= 15 is 0 Å². The van der Waals surface area contributed by atoms with Crippen molar-refractivity contribution >= 4 is 11.1 Å². The highest BCUT2D eigenvalue weighted by molar-refractivity contribution is 5.95. The van der Waals surface area contributed by atoms with Gasteiger partial charge in [0.1, 0.15) is 30.0 Å². The third-order valence-electron chi connectivity index (χ3n) is 7.40. The van der Waals surface area contributed by atoms with Crippen LogP contribution in [0.5, 0.6) is 23.0 Å². The Morgan fingerprint density at radius 1 is 1.06 bits per heavy atom. The van der Waals surface area contributed by atoms with Gasteiger partial charge >= 0.3 is 0 Å². The molecule has 0 saturated carbocycles. The molecule has 6 heteroatoms. The van der Waals surface area contributed by atoms with E-state index in [4.69, 9.17) is 9.47 Å². The Kier molecular flexibility index (Phi) is 6.63. The summed E-state index contributed by atoms with van der Waals surface area (Å²) in [5, 5.41) is 20.1. The van der Waals surface area contributed by atoms with Crippen LogP contribution in [-0.2, 0) is 0 Å². The highest BCUT2D eigenvalue weighted by Crippen LogP contribution is 2.48. The molecular formula is C30H32FNO4. The number of likely N-dealkylation sites (tertiary alicyclic amines) is 1. The van der Waals surface area contributed by atoms with Crippen molar-refractivity contribution in [3.05, 3.63) is 83.2 Å². The second-order valence-electron chi connectivity index (χ2n) is 9.84. The van der Waals surface area contributed by atoms with Crippen LogP contribution in [0, 0.1) is 11.7 Å². The maximum absolute atomic E-state index is 13.8. The van der Waals surface area contributed by atoms with Crippen LogP contribution in [0.3, 0.4) is 0 Å². The minimum atomic E-state index is -0.678. The topological polar surface area (TPSA) is 62.2 Å². The van der Waals surface area contributed by atoms with Crippen LogP contribution in [0.1, 0.15) is 50.0 Å². The smallest absolute Gasteiger partial charge is 0.164 e. The van der Waals surface area contributed by atoms with Crippen LogP contribution < -0.4 is 9.47 Å². The number of rotatable bonds is 7. The molecule has 2 aliphatic heterocycles. The van der Waals surface area contributed by atoms with Gasteiger partial charge in [0.05, 0.1) is 0 Å². The largest absolute Gasteiger partial charge is 0.508 e. The van der Waals surface area contributed by atoms with Gasteiger partial charge in [0.25, 0.3) is 0 Å². The Hall–Kier alpha value is -3.51. The summed E-state index contributed by atoms with van der Waals surface area (Å²) in [6.45, 7) is 9.30. The summed E-state index contributed by atoms with van der Waals surface area (Å²) >= 11 is 0. The van der Waals surface area contributed by atoms with E-state index in [0.29, 0.717) is 24.0 Å². The number of aromatic hydroxyl groups is 2. The summed E-state index contributed by atoms with van der Waals surface area (Å²) in [7, 11) is 0. The Balaban J connectivity index is 1.40. The lowest BCUT2D eigenvalue weighted by Gasteiger charge is -2.42. The van der Waals surface area contributed by atoms with Crippen molar-refractivity contribution in [1.82, 2.24) is 4.90 Å². The minimum Gasteiger partial charge on any atom is -0.508 e. The van der Waals surface area contributed by atoms with Crippen molar-refractivity contribution < 1.29 is 24.1 Å². The summed E-state index contributed by atoms with van der Waals surface area (Å²) in [6.07, 6.45) is 0.750. The van der Waals surface area contributed by atoms with Gasteiger partial charge < -0.3 is 19.7 Å². The van der Waals surface area contributed by atoms with Crippen molar-refractivity contribution in [2.24, 2.45) is 5.92 Å². The zero-order valence-electron chi connectivity index (χ0n) is 20.9. The molecule has 0 aliphatic carbocycles. The molecule has 2 N–H and O–H groups in total. The Morgan fingerprint density at radius 3 is 2.50 bits per heavy atom. The van der Waals surface area contributed by atoms with Gasteiger partial charge in [-0.15, -0.1) is 0 Å². The Labute approximate surface area is 211 Å². The van der Waals surface area contributed by atoms with Crippen molar-refractivity contribution in [3.63, 3.8) is 0 Å². The first-order chi connectivity index (χ1) is 17.3. The first-order valence-corrected chi connectivity index (χ1v) is 12.5. The zero-order valence-corrected chi connectivity index (χ0v) is 20.9. The van der Waals surface area contributed by atoms with E-state index in [-0.39, 0.29) is 5.75 Å². The van der Waals surface area contributed by atoms with Crippen molar-refractivity contribution in [1.29, 1.82) is 0 Å². The fraction of sp³-hybridized carbons (Fsp3) is 0.333. The van der Waals surface area contributed by atoms with Crippen molar-refractivity contribution in [2.45, 2.75) is 39.3 Å². The number of allylic oxidation sites excluding steroid dienone is 1. The van der Waals surface area contributed by atoms with Crippen molar-refractivity contribution in [3.8, 4) is 23.0 Å². The lowest BCUT2D eigenvalue weighted by Crippen LogP contribution is -2.52. The number of fused-ring (bicyclic) bond motifs is 1. The lowest BCUT2D eigenvalue weighted by molar-refractivity contribution is 0.0361. The number of halogens is 1. The summed E-state index contributed by atoms with van der Waals surface area (Å²) in [5.41, 5.74) is 4.00. The van der Waals surface area contributed by atoms with E-state index in [2.05, 4.69) is 18.7 Å². The number of nitrogens with zero attached hydrogens (tertiary/aromatic N) is 1. The van der Waals surface area contributed by atoms with E-state index < -0.39 is 17.7 Å². The predicted octanol–water partition coefficient (Wildman–Crippen LogP) is 6.41. The number of benzene rings is 3. The second kappa shape index (κ2) is 9.86. The number of hydrogen-bond acceptors (Lipinski definition) is 5. The Bertz CT molecular complexity index is 1280. The van der Waals surface area contributed by atoms with E-state index in [1.165, 1.54) is 18.6 Å². The van der Waals surface area contributed by atoms with E-state index in [0.717, 1.165) is 47.0 Å². The fourth-order valence-corrected chi connectivity index (χ4v) is 5.01. The fourth-order valence-electron chi connectivity index (χ4n) is 5.01. The molecule has 2 heterocycles. The van der Waals surface area contributed by atoms with Crippen LogP contribution in [-0.4, -0.2) is 40.9 Å². The number of phenols is 2. The van der Waals surface area contributed by atoms with Gasteiger partial charge in [0.2, 0.25) is 0 Å². The van der Waals surface area contributed by atoms with Gasteiger partial charge in [-0.3, -0.25) is 4.90 Å². The SMILES string of the molecule is CCC1CN([C@@H](C)COc2ccc(C3Oc4ccc(O)cc4C(C)=C3c3ccc(F)c(O)c3)cc2)C1. The number of ether oxygens (including phenoxy) is 2. The molecule has 5 rings (SSSR count). The van der Waals surface area contributed by atoms with Gasteiger partial charge in [0.15, 0.2) is 11.6 Å². The number of phenolic OH excluding ortho intramolecular Hbond substituents is 2. The quantitative estimate of drug-likeness (QED) is 0.402. The first-order valence-electron chi connectivity index (χ1n) is 12.5. The lowest BCUT2D eigenvalue weighted by atomic mass is 9.86. The highest BCUT2D eigenvalue weighted by Gasteiger charge is 2.31. The molecule has 0 spiro atoms. The molecule has 3 aromatic rings. The summed E-state index contributed by atoms with van der Waals surface area (Å²) in [5.74, 6) is 1.29. The highest BCUT2D eigenvalue weighted by atomic mass is 19.1. The third-order valence-corrected chi connectivity index (χ3v) is 7.40. The monoisotopic (exact) mass is 489 g/mol. The molecular weight excluding hydrogens is 457 g/mol. The minimum absolute atomic E-state index is 0.135. The summed E-state index contributed by atoms with van der Waals surface area (Å²) in [6, 6.07) is 17.5. The summed E-state index contributed by atoms with van der Waals surface area (Å²) < 4.78 is 26.3. The molecule has 0 bridgehead atoms. The molecule has 0 aromatic heterocycles. The van der Waals surface area contributed by atoms with Gasteiger partial charge in [0, 0.05) is 30.3 Å². The van der Waals surface area contributed by atoms with Gasteiger partial charge in [-0.25, -0.2) is 4.39 Å². The summed E-state index contributed by atoms with van der Waals surface area (Å²) in [4.78, 5) is 2.45. The van der Waals surface area contributed by atoms with Crippen LogP contribution in [0.25, 0.3) is 11.1 Å². The first kappa shape index (κ1) is 24.2. The average molecular weight is 490 g/mol. The zero-order chi connectivity index (χ0) is 25.4. The molecule has 5 nitrogen and oxygen atoms in total. The number of hydrogen-bond donors (Lipinski definition) is 2. The maximum Gasteiger partial charge on any atom is 0.164 e. The third kappa shape index (κ3) is 4.65. The van der Waals surface area contributed by atoms with Gasteiger partial charge in [-0.05, 0) is 78.9 Å². The van der Waals surface area contributed by atoms with E-state index in [9.17, 15) is 14.6 Å². The molecule has 0 amide bonds. The molecule has 36 heavy (non-hydrogen) atoms. The average Bonchev–Trinajstić information content (AvgIpc) is 2.84. The standard InChI is InChI=1S/C30H32FNO4/c1-4-20-15-32(16-20)18(2)17-35-24-9-5-21(6-10-24)30-29(22-7-11-26(31)27(34)13-22)19(3)25-14-23(33)8-12-28(25)36-30/h5-14,18,20,30,33-34H,4,15-17H2,1-3H3/t18-,30?/m0/s1. The van der Waals surface area contributed by atoms with Crippen LogP contribution in [0.2, 0.25) is 0 Å². The normalized spacial score (nSPS) is 18.8. The predicted molar refractivity (Wildman–Crippen MR) is 139 cm³/mol. The van der Waals surface area contributed by atoms with Crippen LogP contribution in [0.15, 0.2) is 60.7 Å². The molecule has 0 radical (unpaired) electrons. The van der Waals surface area contributed by atoms with Crippen molar-refractivity contribution in [2.75, 3.05) is 19.7 Å². The molecule has 3 aromatic carbocycles. The Morgan fingerprint density at radius 2 is 1.81 bits per heavy atom. The second-order valence-corrected chi connectivity index (χ2v) is 9.84. The van der Waals surface area contributed by atoms with E-state index in [1.54, 1.807) is 24.3 Å². The molecule has 1 unspecified atom stereocenters. The van der Waals surface area contributed by atoms with Gasteiger partial charge in [-0.2, -0.15) is 0 Å². The van der Waals surface area contributed by atoms with Gasteiger partial charge in [-0.1, -0.05) is 31.5 Å². The van der Waals surface area contributed by atoms with Crippen LogP contribution in [0.4, 0.5) is 4.39 Å². The molecule has 1 saturated heterocycles.